The summed E-state index contributed by atoms with van der Waals surface area (Å²) in [5, 5.41) is 6.74. The van der Waals surface area contributed by atoms with E-state index in [1.165, 1.54) is 0 Å². The molecule has 0 aliphatic carbocycles. The first-order valence-electron chi connectivity index (χ1n) is 13.8. The summed E-state index contributed by atoms with van der Waals surface area (Å²) in [7, 11) is 0. The molecule has 3 heterocycles. The van der Waals surface area contributed by atoms with Crippen molar-refractivity contribution in [2.24, 2.45) is 0 Å². The Hall–Kier alpha value is -4.78. The molecule has 7 heteroatoms. The van der Waals surface area contributed by atoms with Crippen molar-refractivity contribution in [2.75, 3.05) is 11.9 Å². The van der Waals surface area contributed by atoms with Crippen molar-refractivity contribution in [1.29, 1.82) is 0 Å². The lowest BCUT2D eigenvalue weighted by Crippen LogP contribution is -2.27. The highest BCUT2D eigenvalue weighted by Crippen LogP contribution is 2.28. The third kappa shape index (κ3) is 6.52. The monoisotopic (exact) mass is 546 g/mol. The Labute approximate surface area is 240 Å². The molecule has 0 radical (unpaired) electrons. The minimum absolute atomic E-state index is 0.206. The Morgan fingerprint density at radius 3 is 2.54 bits per heavy atom. The summed E-state index contributed by atoms with van der Waals surface area (Å²) in [4.78, 5) is 35.5. The van der Waals surface area contributed by atoms with E-state index in [4.69, 9.17) is 9.72 Å². The van der Waals surface area contributed by atoms with Crippen LogP contribution < -0.4 is 10.6 Å². The molecule has 0 unspecified atom stereocenters. The number of benzene rings is 2. The van der Waals surface area contributed by atoms with Gasteiger partial charge in [-0.1, -0.05) is 11.6 Å². The molecule has 0 spiro atoms. The van der Waals surface area contributed by atoms with Gasteiger partial charge in [0.2, 0.25) is 0 Å². The molecule has 2 N–H and O–H groups in total. The molecule has 2 aromatic heterocycles. The lowest BCUT2D eigenvalue weighted by atomic mass is 9.99. The van der Waals surface area contributed by atoms with E-state index in [0.29, 0.717) is 29.1 Å². The van der Waals surface area contributed by atoms with E-state index in [2.05, 4.69) is 27.8 Å². The maximum absolute atomic E-state index is 13.6. The van der Waals surface area contributed by atoms with Crippen LogP contribution in [0.25, 0.3) is 22.2 Å². The lowest BCUT2D eigenvalue weighted by Gasteiger charge is -2.17. The lowest BCUT2D eigenvalue weighted by molar-refractivity contribution is 0.0949. The van der Waals surface area contributed by atoms with Crippen LogP contribution >= 0.6 is 0 Å². The number of rotatable bonds is 6. The molecule has 41 heavy (non-hydrogen) atoms. The zero-order chi connectivity index (χ0) is 28.9. The van der Waals surface area contributed by atoms with Gasteiger partial charge in [-0.05, 0) is 113 Å². The van der Waals surface area contributed by atoms with Crippen LogP contribution in [-0.4, -0.2) is 28.3 Å². The fraction of sp³-hybridized carbons (Fsp3) is 0.235. The summed E-state index contributed by atoms with van der Waals surface area (Å²) >= 11 is 0. The maximum Gasteiger partial charge on any atom is 0.256 e. The Morgan fingerprint density at radius 1 is 0.976 bits per heavy atom. The molecule has 1 aliphatic heterocycles. The second-order valence-electron chi connectivity index (χ2n) is 10.5. The molecule has 7 nitrogen and oxygen atoms in total. The highest BCUT2D eigenvalue weighted by Gasteiger charge is 2.17. The van der Waals surface area contributed by atoms with Crippen LogP contribution in [-0.2, 0) is 4.74 Å². The number of hydrogen-bond acceptors (Lipinski definition) is 5. The van der Waals surface area contributed by atoms with Crippen molar-refractivity contribution in [3.05, 3.63) is 112 Å². The number of pyridine rings is 2. The van der Waals surface area contributed by atoms with E-state index in [9.17, 15) is 9.59 Å². The summed E-state index contributed by atoms with van der Waals surface area (Å²) < 4.78 is 5.95. The van der Waals surface area contributed by atoms with E-state index < -0.39 is 0 Å². The fourth-order valence-electron chi connectivity index (χ4n) is 5.02. The number of ether oxygens (including phenoxy) is 1. The Bertz CT molecular complexity index is 1670. The first-order valence-corrected chi connectivity index (χ1v) is 13.8. The van der Waals surface area contributed by atoms with Crippen LogP contribution in [0.15, 0.2) is 90.2 Å². The summed E-state index contributed by atoms with van der Waals surface area (Å²) in [6.45, 7) is 8.31. The number of carbonyl (C=O) groups is 2. The smallest absolute Gasteiger partial charge is 0.256 e. The predicted octanol–water partition coefficient (Wildman–Crippen LogP) is 7.27. The van der Waals surface area contributed by atoms with Crippen LogP contribution in [0.3, 0.4) is 0 Å². The van der Waals surface area contributed by atoms with Crippen molar-refractivity contribution in [2.45, 2.75) is 47.0 Å². The van der Waals surface area contributed by atoms with Gasteiger partial charge in [0.1, 0.15) is 5.76 Å². The minimum Gasteiger partial charge on any atom is -0.465 e. The van der Waals surface area contributed by atoms with Gasteiger partial charge < -0.3 is 15.4 Å². The van der Waals surface area contributed by atoms with Crippen molar-refractivity contribution in [1.82, 2.24) is 15.3 Å². The average molecular weight is 547 g/mol. The van der Waals surface area contributed by atoms with Crippen LogP contribution in [0, 0.1) is 13.8 Å². The Morgan fingerprint density at radius 2 is 1.78 bits per heavy atom. The largest absolute Gasteiger partial charge is 0.465 e. The normalized spacial score (nSPS) is 16.6. The molecule has 4 aromatic rings. The summed E-state index contributed by atoms with van der Waals surface area (Å²) in [6, 6.07) is 16.5. The molecule has 2 amide bonds. The topological polar surface area (TPSA) is 93.2 Å². The molecule has 1 aliphatic rings. The molecule has 0 saturated heterocycles. The first kappa shape index (κ1) is 27.8. The van der Waals surface area contributed by atoms with Crippen LogP contribution in [0.1, 0.15) is 65.0 Å². The van der Waals surface area contributed by atoms with Gasteiger partial charge in [0, 0.05) is 34.6 Å². The standard InChI is InChI=1S/C34H34N4O3/c1-21-16-23(3)32-28(17-21)29(18-30(38-32)26-10-7-15-35-19-26)34(40)37-27-13-11-25(12-14-27)33(39)36-20-31-22(2)8-5-6-9-24(4)41-31/h7,9-19H,5-6,8,20H2,1-4H3,(H,36,39)(H,37,40)/b24-9+,31-22-. The second-order valence-corrected chi connectivity index (χ2v) is 10.5. The highest BCUT2D eigenvalue weighted by atomic mass is 16.5. The van der Waals surface area contributed by atoms with Gasteiger partial charge in [0.25, 0.3) is 11.8 Å². The van der Waals surface area contributed by atoms with E-state index in [-0.39, 0.29) is 11.8 Å². The third-order valence-electron chi connectivity index (χ3n) is 7.21. The Kier molecular flexibility index (Phi) is 8.24. The number of nitrogens with zero attached hydrogens (tertiary/aromatic N) is 2. The first-order chi connectivity index (χ1) is 19.8. The summed E-state index contributed by atoms with van der Waals surface area (Å²) in [5.41, 5.74) is 7.10. The number of aryl methyl sites for hydroxylation is 2. The van der Waals surface area contributed by atoms with Gasteiger partial charge in [0.15, 0.2) is 0 Å². The number of hydrogen-bond donors (Lipinski definition) is 2. The van der Waals surface area contributed by atoms with Gasteiger partial charge in [-0.3, -0.25) is 14.6 Å². The van der Waals surface area contributed by atoms with Crippen LogP contribution in [0.4, 0.5) is 5.69 Å². The quantitative estimate of drug-likeness (QED) is 0.265. The molecule has 0 fully saturated rings. The summed E-state index contributed by atoms with van der Waals surface area (Å²) in [6.07, 6.45) is 8.53. The van der Waals surface area contributed by atoms with E-state index >= 15 is 0 Å². The SMILES string of the molecule is C/C1=C(\CNC(=O)c2ccc(NC(=O)c3cc(-c4cccnc4)nc4c(C)cc(C)cc34)cc2)O/C(C)=C/CCC1. The van der Waals surface area contributed by atoms with Crippen LogP contribution in [0.2, 0.25) is 0 Å². The molecule has 0 bridgehead atoms. The number of allylic oxidation sites excluding steroid dienone is 3. The van der Waals surface area contributed by atoms with Crippen molar-refractivity contribution in [3.63, 3.8) is 0 Å². The van der Waals surface area contributed by atoms with Crippen molar-refractivity contribution >= 4 is 28.4 Å². The third-order valence-corrected chi connectivity index (χ3v) is 7.21. The van der Waals surface area contributed by atoms with E-state index in [1.807, 2.05) is 45.9 Å². The number of fused-ring (bicyclic) bond motifs is 1. The molecule has 0 atom stereocenters. The highest BCUT2D eigenvalue weighted by molar-refractivity contribution is 6.13. The molecule has 208 valence electrons. The van der Waals surface area contributed by atoms with Gasteiger partial charge in [-0.15, -0.1) is 0 Å². The number of aromatic nitrogens is 2. The van der Waals surface area contributed by atoms with Gasteiger partial charge >= 0.3 is 0 Å². The van der Waals surface area contributed by atoms with E-state index in [0.717, 1.165) is 63.9 Å². The number of anilines is 1. The van der Waals surface area contributed by atoms with Gasteiger partial charge in [-0.2, -0.15) is 0 Å². The maximum atomic E-state index is 13.6. The predicted molar refractivity (Wildman–Crippen MR) is 163 cm³/mol. The summed E-state index contributed by atoms with van der Waals surface area (Å²) in [5.74, 6) is 1.18. The zero-order valence-corrected chi connectivity index (χ0v) is 23.9. The number of carbonyl (C=O) groups excluding carboxylic acids is 2. The molecular weight excluding hydrogens is 512 g/mol. The van der Waals surface area contributed by atoms with E-state index in [1.54, 1.807) is 42.7 Å². The van der Waals surface area contributed by atoms with Crippen LogP contribution in [0.5, 0.6) is 0 Å². The second kappa shape index (κ2) is 12.2. The average Bonchev–Trinajstić information content (AvgIpc) is 2.96. The zero-order valence-electron chi connectivity index (χ0n) is 23.9. The molecule has 0 saturated carbocycles. The fourth-order valence-corrected chi connectivity index (χ4v) is 5.02. The van der Waals surface area contributed by atoms with Crippen molar-refractivity contribution < 1.29 is 14.3 Å². The molecule has 5 rings (SSSR count). The molecular formula is C34H34N4O3. The Balaban J connectivity index is 1.34. The van der Waals surface area contributed by atoms with Gasteiger partial charge in [0.05, 0.1) is 29.1 Å². The number of nitrogens with one attached hydrogen (secondary N) is 2. The number of amides is 2. The van der Waals surface area contributed by atoms with Gasteiger partial charge in [-0.25, -0.2) is 4.98 Å². The molecule has 2 aromatic carbocycles. The minimum atomic E-state index is -0.253. The van der Waals surface area contributed by atoms with Crippen molar-refractivity contribution in [3.8, 4) is 11.3 Å².